The summed E-state index contributed by atoms with van der Waals surface area (Å²) in [7, 11) is 0. The maximum absolute atomic E-state index is 11.9. The zero-order valence-electron chi connectivity index (χ0n) is 15.6. The average molecular weight is 357 g/mol. The van der Waals surface area contributed by atoms with Gasteiger partial charge in [0.25, 0.3) is 0 Å². The molecular formula is C21H31N3O2. The predicted molar refractivity (Wildman–Crippen MR) is 104 cm³/mol. The van der Waals surface area contributed by atoms with Crippen molar-refractivity contribution >= 4 is 17.5 Å². The number of carbonyl (C=O) groups is 2. The van der Waals surface area contributed by atoms with Gasteiger partial charge in [0.15, 0.2) is 0 Å². The first-order valence-corrected chi connectivity index (χ1v) is 10.1. The van der Waals surface area contributed by atoms with Crippen molar-refractivity contribution in [2.75, 3.05) is 24.5 Å². The topological polar surface area (TPSA) is 61.4 Å². The highest BCUT2D eigenvalue weighted by molar-refractivity contribution is 6.35. The van der Waals surface area contributed by atoms with Crippen molar-refractivity contribution in [1.82, 2.24) is 10.6 Å². The van der Waals surface area contributed by atoms with Crippen LogP contribution < -0.4 is 15.5 Å². The molecule has 1 aromatic rings. The van der Waals surface area contributed by atoms with Gasteiger partial charge < -0.3 is 15.5 Å². The van der Waals surface area contributed by atoms with E-state index in [0.717, 1.165) is 45.2 Å². The highest BCUT2D eigenvalue weighted by Gasteiger charge is 2.21. The lowest BCUT2D eigenvalue weighted by Crippen LogP contribution is -2.44. The number of rotatable bonds is 5. The molecule has 2 fully saturated rings. The smallest absolute Gasteiger partial charge is 0.309 e. The highest BCUT2D eigenvalue weighted by atomic mass is 16.2. The average Bonchev–Trinajstić information content (AvgIpc) is 3.01. The van der Waals surface area contributed by atoms with E-state index in [1.165, 1.54) is 36.9 Å². The van der Waals surface area contributed by atoms with Crippen molar-refractivity contribution in [3.8, 4) is 0 Å². The van der Waals surface area contributed by atoms with Gasteiger partial charge in [-0.1, -0.05) is 37.8 Å². The predicted octanol–water partition coefficient (Wildman–Crippen LogP) is 2.78. The molecule has 3 rings (SSSR count). The molecule has 1 saturated carbocycles. The molecule has 1 aromatic carbocycles. The van der Waals surface area contributed by atoms with Crippen LogP contribution in [0.1, 0.15) is 56.9 Å². The molecule has 5 heteroatoms. The van der Waals surface area contributed by atoms with Crippen LogP contribution in [0, 0.1) is 0 Å². The van der Waals surface area contributed by atoms with Crippen LogP contribution in [0.4, 0.5) is 5.69 Å². The molecule has 0 radical (unpaired) electrons. The lowest BCUT2D eigenvalue weighted by molar-refractivity contribution is -0.139. The normalized spacial score (nSPS) is 18.4. The van der Waals surface area contributed by atoms with Gasteiger partial charge in [0.2, 0.25) is 0 Å². The number of hydrogen-bond donors (Lipinski definition) is 2. The zero-order valence-corrected chi connectivity index (χ0v) is 15.6. The quantitative estimate of drug-likeness (QED) is 0.797. The van der Waals surface area contributed by atoms with Crippen LogP contribution in [0.15, 0.2) is 24.3 Å². The van der Waals surface area contributed by atoms with E-state index in [1.54, 1.807) is 0 Å². The second kappa shape index (κ2) is 9.60. The van der Waals surface area contributed by atoms with Crippen molar-refractivity contribution in [2.24, 2.45) is 0 Å². The minimum Gasteiger partial charge on any atom is -0.372 e. The summed E-state index contributed by atoms with van der Waals surface area (Å²) in [6, 6.07) is 8.79. The molecule has 0 spiro atoms. The Bertz CT molecular complexity index is 586. The maximum Gasteiger partial charge on any atom is 0.309 e. The standard InChI is InChI=1S/C21H31N3O2/c25-20(21(26)23-18-7-3-4-8-18)22-14-13-17-9-11-19(12-10-17)24-15-5-1-2-6-16-24/h9-12,18H,1-8,13-16H2,(H,22,25)(H,23,26). The summed E-state index contributed by atoms with van der Waals surface area (Å²) in [4.78, 5) is 26.2. The molecule has 2 aliphatic rings. The van der Waals surface area contributed by atoms with Crippen LogP contribution in [0.25, 0.3) is 0 Å². The van der Waals surface area contributed by atoms with Crippen LogP contribution >= 0.6 is 0 Å². The molecule has 0 bridgehead atoms. The van der Waals surface area contributed by atoms with E-state index < -0.39 is 11.8 Å². The molecule has 2 N–H and O–H groups in total. The van der Waals surface area contributed by atoms with Crippen molar-refractivity contribution in [1.29, 1.82) is 0 Å². The molecule has 0 atom stereocenters. The molecule has 1 heterocycles. The van der Waals surface area contributed by atoms with Crippen molar-refractivity contribution in [3.05, 3.63) is 29.8 Å². The van der Waals surface area contributed by atoms with Gasteiger partial charge in [0, 0.05) is 31.4 Å². The minimum absolute atomic E-state index is 0.180. The lowest BCUT2D eigenvalue weighted by Gasteiger charge is -2.22. The minimum atomic E-state index is -0.516. The lowest BCUT2D eigenvalue weighted by atomic mass is 10.1. The Morgan fingerprint density at radius 2 is 1.54 bits per heavy atom. The maximum atomic E-state index is 11.9. The van der Waals surface area contributed by atoms with E-state index in [4.69, 9.17) is 0 Å². The molecule has 142 valence electrons. The number of hydrogen-bond acceptors (Lipinski definition) is 3. The molecular weight excluding hydrogens is 326 g/mol. The largest absolute Gasteiger partial charge is 0.372 e. The van der Waals surface area contributed by atoms with E-state index in [1.807, 2.05) is 0 Å². The second-order valence-corrected chi connectivity index (χ2v) is 7.53. The van der Waals surface area contributed by atoms with Gasteiger partial charge >= 0.3 is 11.8 Å². The first-order valence-electron chi connectivity index (χ1n) is 10.1. The molecule has 1 aliphatic carbocycles. The summed E-state index contributed by atoms with van der Waals surface area (Å²) >= 11 is 0. The van der Waals surface area contributed by atoms with Crippen LogP contribution in [0.2, 0.25) is 0 Å². The van der Waals surface area contributed by atoms with Gasteiger partial charge in [-0.05, 0) is 49.8 Å². The number of carbonyl (C=O) groups excluding carboxylic acids is 2. The van der Waals surface area contributed by atoms with Gasteiger partial charge in [-0.15, -0.1) is 0 Å². The van der Waals surface area contributed by atoms with Crippen LogP contribution in [0.3, 0.4) is 0 Å². The van der Waals surface area contributed by atoms with E-state index in [0.29, 0.717) is 6.54 Å². The van der Waals surface area contributed by atoms with Crippen LogP contribution in [-0.2, 0) is 16.0 Å². The molecule has 5 nitrogen and oxygen atoms in total. The third-order valence-corrected chi connectivity index (χ3v) is 5.50. The van der Waals surface area contributed by atoms with Crippen LogP contribution in [-0.4, -0.2) is 37.5 Å². The molecule has 0 aromatic heterocycles. The van der Waals surface area contributed by atoms with E-state index in [9.17, 15) is 9.59 Å². The molecule has 2 amide bonds. The summed E-state index contributed by atoms with van der Waals surface area (Å²) in [5, 5.41) is 5.55. The zero-order chi connectivity index (χ0) is 18.2. The molecule has 0 unspecified atom stereocenters. The Hall–Kier alpha value is -2.04. The van der Waals surface area contributed by atoms with Gasteiger partial charge in [0.1, 0.15) is 0 Å². The SMILES string of the molecule is O=C(NCCc1ccc(N2CCCCCC2)cc1)C(=O)NC1CCCC1. The number of nitrogens with one attached hydrogen (secondary N) is 2. The highest BCUT2D eigenvalue weighted by Crippen LogP contribution is 2.20. The third-order valence-electron chi connectivity index (χ3n) is 5.50. The Balaban J connectivity index is 1.40. The Labute approximate surface area is 156 Å². The molecule has 26 heavy (non-hydrogen) atoms. The third kappa shape index (κ3) is 5.48. The van der Waals surface area contributed by atoms with E-state index in [2.05, 4.69) is 39.8 Å². The van der Waals surface area contributed by atoms with Crippen molar-refractivity contribution in [3.63, 3.8) is 0 Å². The number of anilines is 1. The summed E-state index contributed by atoms with van der Waals surface area (Å²) < 4.78 is 0. The van der Waals surface area contributed by atoms with E-state index >= 15 is 0 Å². The number of nitrogens with zero attached hydrogens (tertiary/aromatic N) is 1. The first kappa shape index (κ1) is 18.7. The fraction of sp³-hybridized carbons (Fsp3) is 0.619. The Morgan fingerprint density at radius 1 is 0.885 bits per heavy atom. The summed E-state index contributed by atoms with van der Waals surface area (Å²) in [5.41, 5.74) is 2.47. The number of amides is 2. The summed E-state index contributed by atoms with van der Waals surface area (Å²) in [6.45, 7) is 2.77. The molecule has 1 aliphatic heterocycles. The van der Waals surface area contributed by atoms with Crippen molar-refractivity contribution in [2.45, 2.75) is 63.8 Å². The molecule has 1 saturated heterocycles. The number of benzene rings is 1. The first-order chi connectivity index (χ1) is 12.7. The summed E-state index contributed by atoms with van der Waals surface area (Å²) in [5.74, 6) is -1.01. The van der Waals surface area contributed by atoms with Gasteiger partial charge in [0.05, 0.1) is 0 Å². The van der Waals surface area contributed by atoms with Crippen molar-refractivity contribution < 1.29 is 9.59 Å². The van der Waals surface area contributed by atoms with E-state index in [-0.39, 0.29) is 6.04 Å². The fourth-order valence-electron chi connectivity index (χ4n) is 3.92. The van der Waals surface area contributed by atoms with Gasteiger partial charge in [-0.2, -0.15) is 0 Å². The fourth-order valence-corrected chi connectivity index (χ4v) is 3.92. The summed E-state index contributed by atoms with van der Waals surface area (Å²) in [6.07, 6.45) is 10.2. The Kier molecular flexibility index (Phi) is 6.92. The van der Waals surface area contributed by atoms with Gasteiger partial charge in [-0.25, -0.2) is 0 Å². The second-order valence-electron chi connectivity index (χ2n) is 7.53. The Morgan fingerprint density at radius 3 is 2.19 bits per heavy atom. The monoisotopic (exact) mass is 357 g/mol. The van der Waals surface area contributed by atoms with Crippen LogP contribution in [0.5, 0.6) is 0 Å². The van der Waals surface area contributed by atoms with Gasteiger partial charge in [-0.3, -0.25) is 9.59 Å².